The molecule has 50 heavy (non-hydrogen) atoms. The topological polar surface area (TPSA) is 71.6 Å². The van der Waals surface area contributed by atoms with Gasteiger partial charge in [-0.3, -0.25) is 14.1 Å². The maximum Gasteiger partial charge on any atom is 0.310 e. The summed E-state index contributed by atoms with van der Waals surface area (Å²) in [5, 5.41) is 4.49. The Morgan fingerprint density at radius 3 is 2.26 bits per heavy atom. The molecule has 2 aromatic carbocycles. The molecular formula is C42H60N3O4S+. The van der Waals surface area contributed by atoms with Crippen molar-refractivity contribution in [1.82, 2.24) is 4.98 Å². The van der Waals surface area contributed by atoms with Crippen LogP contribution in [0, 0.1) is 0 Å². The molecule has 0 spiro atoms. The Kier molecular flexibility index (Phi) is 15.5. The largest absolute Gasteiger partial charge is 0.494 e. The number of benzene rings is 2. The second kappa shape index (κ2) is 20.5. The fourth-order valence-corrected chi connectivity index (χ4v) is 8.13. The van der Waals surface area contributed by atoms with Crippen LogP contribution in [0.1, 0.15) is 110 Å². The predicted molar refractivity (Wildman–Crippen MR) is 209 cm³/mol. The van der Waals surface area contributed by atoms with Crippen molar-refractivity contribution in [3.8, 4) is 5.75 Å². The van der Waals surface area contributed by atoms with Crippen LogP contribution in [0.4, 0.5) is 5.69 Å². The number of esters is 1. The number of hydrogen-bond donors (Lipinski definition) is 1. The minimum absolute atomic E-state index is 0.0475. The number of quaternary nitrogens is 1. The average Bonchev–Trinajstić information content (AvgIpc) is 3.62. The molecule has 5 rings (SSSR count). The van der Waals surface area contributed by atoms with Crippen molar-refractivity contribution in [3.63, 3.8) is 0 Å². The number of aromatic nitrogens is 1. The Morgan fingerprint density at radius 1 is 0.820 bits per heavy atom. The van der Waals surface area contributed by atoms with Crippen molar-refractivity contribution in [2.75, 3.05) is 51.0 Å². The molecule has 0 amide bonds. The maximum absolute atomic E-state index is 12.9. The van der Waals surface area contributed by atoms with Gasteiger partial charge in [-0.2, -0.15) is 0 Å². The Morgan fingerprint density at radius 2 is 1.52 bits per heavy atom. The number of hydrogen-bond acceptors (Lipinski definition) is 6. The fourth-order valence-electron chi connectivity index (χ4n) is 7.33. The van der Waals surface area contributed by atoms with E-state index in [1.54, 1.807) is 17.4 Å². The Balaban J connectivity index is 1.03. The molecule has 1 fully saturated rings. The maximum atomic E-state index is 12.9. The SMILES string of the molecule is CCCCCCCCCCCCCCCC(=O)OC[N+]1(CCCCOc2ccc3ccc(=O)[nH]c3c2)CCN(c2cccc3sccc23)CC1. The van der Waals surface area contributed by atoms with Gasteiger partial charge in [0.15, 0.2) is 0 Å². The predicted octanol–water partition coefficient (Wildman–Crippen LogP) is 10.2. The van der Waals surface area contributed by atoms with Crippen LogP contribution in [0.15, 0.2) is 64.8 Å². The van der Waals surface area contributed by atoms with Crippen LogP contribution in [0.2, 0.25) is 0 Å². The summed E-state index contributed by atoms with van der Waals surface area (Å²) in [5.74, 6) is 0.718. The lowest BCUT2D eigenvalue weighted by Gasteiger charge is -2.45. The molecule has 0 atom stereocenters. The highest BCUT2D eigenvalue weighted by molar-refractivity contribution is 7.17. The second-order valence-corrected chi connectivity index (χ2v) is 15.3. The molecule has 0 unspecified atom stereocenters. The van der Waals surface area contributed by atoms with E-state index in [1.807, 2.05) is 24.3 Å². The van der Waals surface area contributed by atoms with Gasteiger partial charge in [0, 0.05) is 34.3 Å². The highest BCUT2D eigenvalue weighted by Gasteiger charge is 2.34. The molecule has 1 aliphatic heterocycles. The van der Waals surface area contributed by atoms with Crippen LogP contribution < -0.4 is 15.2 Å². The summed E-state index contributed by atoms with van der Waals surface area (Å²) in [6.45, 7) is 8.07. The van der Waals surface area contributed by atoms with Crippen molar-refractivity contribution < 1.29 is 18.8 Å². The van der Waals surface area contributed by atoms with Crippen molar-refractivity contribution in [2.45, 2.75) is 110 Å². The summed E-state index contributed by atoms with van der Waals surface area (Å²) in [5.41, 5.74) is 1.99. The smallest absolute Gasteiger partial charge is 0.310 e. The minimum atomic E-state index is -0.110. The summed E-state index contributed by atoms with van der Waals surface area (Å²) in [4.78, 5) is 30.0. The lowest BCUT2D eigenvalue weighted by Crippen LogP contribution is -2.61. The zero-order chi connectivity index (χ0) is 34.9. The number of piperazine rings is 1. The zero-order valence-corrected chi connectivity index (χ0v) is 31.3. The van der Waals surface area contributed by atoms with Gasteiger partial charge >= 0.3 is 5.97 Å². The third kappa shape index (κ3) is 11.9. The lowest BCUT2D eigenvalue weighted by atomic mass is 10.0. The summed E-state index contributed by atoms with van der Waals surface area (Å²) in [6.07, 6.45) is 19.3. The minimum Gasteiger partial charge on any atom is -0.494 e. The summed E-state index contributed by atoms with van der Waals surface area (Å²) < 4.78 is 14.2. The van der Waals surface area contributed by atoms with Crippen LogP contribution in [-0.2, 0) is 9.53 Å². The van der Waals surface area contributed by atoms with Gasteiger partial charge in [0.05, 0.1) is 44.8 Å². The second-order valence-electron chi connectivity index (χ2n) is 14.4. The number of thiophene rings is 1. The Bertz CT molecular complexity index is 1640. The van der Waals surface area contributed by atoms with E-state index in [0.29, 0.717) is 19.8 Å². The first-order valence-electron chi connectivity index (χ1n) is 19.5. The molecule has 0 saturated carbocycles. The van der Waals surface area contributed by atoms with E-state index >= 15 is 0 Å². The molecule has 0 aliphatic carbocycles. The molecule has 2 aromatic heterocycles. The molecular weight excluding hydrogens is 643 g/mol. The highest BCUT2D eigenvalue weighted by Crippen LogP contribution is 2.32. The number of ether oxygens (including phenoxy) is 2. The van der Waals surface area contributed by atoms with Crippen LogP contribution in [0.25, 0.3) is 21.0 Å². The Hall–Kier alpha value is -3.36. The number of pyridine rings is 1. The summed E-state index contributed by atoms with van der Waals surface area (Å²) in [7, 11) is 0. The van der Waals surface area contributed by atoms with Crippen molar-refractivity contribution >= 4 is 44.0 Å². The van der Waals surface area contributed by atoms with E-state index in [9.17, 15) is 9.59 Å². The van der Waals surface area contributed by atoms with Crippen molar-refractivity contribution in [2.24, 2.45) is 0 Å². The van der Waals surface area contributed by atoms with Crippen LogP contribution in [0.3, 0.4) is 0 Å². The van der Waals surface area contributed by atoms with E-state index in [-0.39, 0.29) is 11.5 Å². The van der Waals surface area contributed by atoms with E-state index in [4.69, 9.17) is 9.47 Å². The molecule has 0 radical (unpaired) electrons. The van der Waals surface area contributed by atoms with Gasteiger partial charge in [-0.1, -0.05) is 90.0 Å². The van der Waals surface area contributed by atoms with E-state index < -0.39 is 0 Å². The third-order valence-electron chi connectivity index (χ3n) is 10.5. The number of fused-ring (bicyclic) bond motifs is 2. The molecule has 4 aromatic rings. The third-order valence-corrected chi connectivity index (χ3v) is 11.4. The molecule has 0 bridgehead atoms. The van der Waals surface area contributed by atoms with Crippen LogP contribution in [-0.4, -0.2) is 61.5 Å². The zero-order valence-electron chi connectivity index (χ0n) is 30.5. The fraction of sp³-hybridized carbons (Fsp3) is 0.571. The first kappa shape index (κ1) is 37.9. The van der Waals surface area contributed by atoms with Gasteiger partial charge in [0.25, 0.3) is 0 Å². The number of unbranched alkanes of at least 4 members (excludes halogenated alkanes) is 13. The normalized spacial score (nSPS) is 14.4. The summed E-state index contributed by atoms with van der Waals surface area (Å²) >= 11 is 1.79. The number of carbonyl (C=O) groups is 1. The highest BCUT2D eigenvalue weighted by atomic mass is 32.1. The first-order chi connectivity index (χ1) is 24.5. The van der Waals surface area contributed by atoms with Gasteiger partial charge in [-0.05, 0) is 66.4 Å². The molecule has 272 valence electrons. The number of aromatic amines is 1. The monoisotopic (exact) mass is 702 g/mol. The van der Waals surface area contributed by atoms with Crippen LogP contribution in [0.5, 0.6) is 5.75 Å². The van der Waals surface area contributed by atoms with Gasteiger partial charge in [-0.25, -0.2) is 0 Å². The lowest BCUT2D eigenvalue weighted by molar-refractivity contribution is -0.944. The van der Waals surface area contributed by atoms with Gasteiger partial charge < -0.3 is 19.4 Å². The average molecular weight is 703 g/mol. The number of H-pyrrole nitrogens is 1. The van der Waals surface area contributed by atoms with E-state index in [0.717, 1.165) is 79.5 Å². The van der Waals surface area contributed by atoms with Crippen molar-refractivity contribution in [3.05, 3.63) is 70.3 Å². The molecule has 3 heterocycles. The van der Waals surface area contributed by atoms with Crippen LogP contribution >= 0.6 is 11.3 Å². The molecule has 7 nitrogen and oxygen atoms in total. The van der Waals surface area contributed by atoms with Crippen molar-refractivity contribution in [1.29, 1.82) is 0 Å². The number of carbonyl (C=O) groups excluding carboxylic acids is 1. The summed E-state index contributed by atoms with van der Waals surface area (Å²) in [6, 6.07) is 18.0. The number of anilines is 1. The first-order valence-corrected chi connectivity index (χ1v) is 20.4. The molecule has 1 saturated heterocycles. The van der Waals surface area contributed by atoms with Gasteiger partial charge in [0.2, 0.25) is 12.3 Å². The quantitative estimate of drug-likeness (QED) is 0.0473. The molecule has 8 heteroatoms. The molecule has 1 aliphatic rings. The molecule has 1 N–H and O–H groups in total. The van der Waals surface area contributed by atoms with E-state index in [2.05, 4.69) is 46.5 Å². The Labute approximate surface area is 303 Å². The van der Waals surface area contributed by atoms with Gasteiger partial charge in [-0.15, -0.1) is 11.3 Å². The standard InChI is InChI=1S/C42H59N3O4S/c1-2-3-4-5-6-7-8-9-10-11-12-13-14-20-42(47)49-34-45(29-26-44(27-30-45)39-18-17-19-40-37(39)25-32-50-40)28-15-16-31-48-36-23-21-35-22-24-41(46)43-38(35)33-36/h17-19,21-25,32-33H,2-16,20,26-31,34H2,1H3/p+1. The number of nitrogens with zero attached hydrogens (tertiary/aromatic N) is 2. The van der Waals surface area contributed by atoms with Gasteiger partial charge in [0.1, 0.15) is 5.75 Å². The number of nitrogens with one attached hydrogen (secondary N) is 1. The van der Waals surface area contributed by atoms with E-state index in [1.165, 1.54) is 86.4 Å². The number of rotatable bonds is 23.